The lowest BCUT2D eigenvalue weighted by Crippen LogP contribution is -2.36. The molecule has 0 aromatic carbocycles. The minimum atomic E-state index is -0.204. The predicted octanol–water partition coefficient (Wildman–Crippen LogP) is 0.403. The molecule has 1 fully saturated rings. The van der Waals surface area contributed by atoms with Crippen LogP contribution in [0.25, 0.3) is 0 Å². The van der Waals surface area contributed by atoms with Crippen molar-refractivity contribution in [3.63, 3.8) is 0 Å². The van der Waals surface area contributed by atoms with Crippen LogP contribution in [-0.2, 0) is 11.8 Å². The maximum atomic E-state index is 10.9. The fraction of sp³-hybridized carbons (Fsp3) is 0.667. The molecule has 0 bridgehead atoms. The van der Waals surface area contributed by atoms with Gasteiger partial charge < -0.3 is 16.4 Å². The highest BCUT2D eigenvalue weighted by Crippen LogP contribution is 2.30. The van der Waals surface area contributed by atoms with Crippen LogP contribution >= 0.6 is 0 Å². The molecule has 1 saturated heterocycles. The highest BCUT2D eigenvalue weighted by atomic mass is 16.1. The number of primary amides is 1. The van der Waals surface area contributed by atoms with Gasteiger partial charge in [-0.3, -0.25) is 9.48 Å². The van der Waals surface area contributed by atoms with Crippen LogP contribution < -0.4 is 16.4 Å². The Hall–Kier alpha value is -1.72. The van der Waals surface area contributed by atoms with Crippen molar-refractivity contribution in [3.8, 4) is 0 Å². The summed E-state index contributed by atoms with van der Waals surface area (Å²) < 4.78 is 1.83. The van der Waals surface area contributed by atoms with Crippen LogP contribution in [-0.4, -0.2) is 28.8 Å². The summed E-state index contributed by atoms with van der Waals surface area (Å²) in [6.45, 7) is 3.72. The van der Waals surface area contributed by atoms with E-state index in [1.54, 1.807) is 0 Å². The van der Waals surface area contributed by atoms with E-state index in [2.05, 4.69) is 10.00 Å². The molecule has 6 heteroatoms. The van der Waals surface area contributed by atoms with Gasteiger partial charge in [-0.25, -0.2) is 0 Å². The first-order valence-corrected chi connectivity index (χ1v) is 6.31. The van der Waals surface area contributed by atoms with Gasteiger partial charge in [-0.15, -0.1) is 0 Å². The van der Waals surface area contributed by atoms with Crippen LogP contribution in [0.1, 0.15) is 25.0 Å². The number of nitrogens with two attached hydrogens (primary N) is 2. The van der Waals surface area contributed by atoms with Gasteiger partial charge in [0.2, 0.25) is 5.91 Å². The molecule has 100 valence electrons. The smallest absolute Gasteiger partial charge is 0.217 e. The van der Waals surface area contributed by atoms with Gasteiger partial charge in [0, 0.05) is 26.6 Å². The number of amides is 1. The molecule has 0 atom stereocenters. The van der Waals surface area contributed by atoms with Gasteiger partial charge in [0.15, 0.2) is 0 Å². The van der Waals surface area contributed by atoms with E-state index in [9.17, 15) is 4.79 Å². The van der Waals surface area contributed by atoms with Crippen molar-refractivity contribution < 1.29 is 4.79 Å². The summed E-state index contributed by atoms with van der Waals surface area (Å²) in [4.78, 5) is 13.1. The van der Waals surface area contributed by atoms with Crippen molar-refractivity contribution in [3.05, 3.63) is 5.69 Å². The lowest BCUT2D eigenvalue weighted by molar-refractivity contribution is -0.119. The molecule has 1 aromatic heterocycles. The highest BCUT2D eigenvalue weighted by Gasteiger charge is 2.24. The third-order valence-electron chi connectivity index (χ3n) is 3.64. The Labute approximate surface area is 107 Å². The third kappa shape index (κ3) is 2.42. The van der Waals surface area contributed by atoms with Gasteiger partial charge in [-0.05, 0) is 25.7 Å². The molecular formula is C12H21N5O. The van der Waals surface area contributed by atoms with Gasteiger partial charge in [0.05, 0.1) is 11.4 Å². The van der Waals surface area contributed by atoms with Crippen LogP contribution in [0.4, 0.5) is 11.5 Å². The Bertz CT molecular complexity index is 446. The Balaban J connectivity index is 2.03. The number of nitrogen functional groups attached to an aromatic ring is 1. The molecule has 6 nitrogen and oxygen atoms in total. The first-order valence-electron chi connectivity index (χ1n) is 6.31. The summed E-state index contributed by atoms with van der Waals surface area (Å²) in [6.07, 6.45) is 2.45. The first-order chi connectivity index (χ1) is 8.49. The second-order valence-corrected chi connectivity index (χ2v) is 5.05. The molecule has 18 heavy (non-hydrogen) atoms. The summed E-state index contributed by atoms with van der Waals surface area (Å²) in [5.41, 5.74) is 12.9. The summed E-state index contributed by atoms with van der Waals surface area (Å²) in [5, 5.41) is 4.33. The Morgan fingerprint density at radius 2 is 2.06 bits per heavy atom. The molecule has 0 radical (unpaired) electrons. The van der Waals surface area contributed by atoms with Gasteiger partial charge in [0.25, 0.3) is 0 Å². The van der Waals surface area contributed by atoms with Gasteiger partial charge in [0.1, 0.15) is 5.82 Å². The summed E-state index contributed by atoms with van der Waals surface area (Å²) in [7, 11) is 1.91. The molecule has 2 rings (SSSR count). The van der Waals surface area contributed by atoms with Crippen molar-refractivity contribution in [2.45, 2.75) is 26.2 Å². The lowest BCUT2D eigenvalue weighted by Gasteiger charge is -2.33. The van der Waals surface area contributed by atoms with Crippen LogP contribution in [0.3, 0.4) is 0 Å². The molecule has 1 aliphatic heterocycles. The minimum absolute atomic E-state index is 0.204. The number of hydrogen-bond donors (Lipinski definition) is 2. The second-order valence-electron chi connectivity index (χ2n) is 5.05. The lowest BCUT2D eigenvalue weighted by atomic mass is 9.93. The van der Waals surface area contributed by atoms with E-state index < -0.39 is 0 Å². The SMILES string of the molecule is Cc1nn(C)c(N2CCC(CC(N)=O)CC2)c1N. The van der Waals surface area contributed by atoms with Crippen LogP contribution in [0.2, 0.25) is 0 Å². The number of aromatic nitrogens is 2. The topological polar surface area (TPSA) is 90.2 Å². The number of nitrogens with zero attached hydrogens (tertiary/aromatic N) is 3. The van der Waals surface area contributed by atoms with E-state index in [-0.39, 0.29) is 5.91 Å². The monoisotopic (exact) mass is 251 g/mol. The molecule has 1 aromatic rings. The zero-order valence-corrected chi connectivity index (χ0v) is 11.0. The fourth-order valence-electron chi connectivity index (χ4n) is 2.67. The van der Waals surface area contributed by atoms with E-state index in [1.807, 2.05) is 18.7 Å². The van der Waals surface area contributed by atoms with Gasteiger partial charge >= 0.3 is 0 Å². The molecule has 0 unspecified atom stereocenters. The first kappa shape index (κ1) is 12.7. The van der Waals surface area contributed by atoms with E-state index in [4.69, 9.17) is 11.5 Å². The molecule has 0 saturated carbocycles. The van der Waals surface area contributed by atoms with Crippen LogP contribution in [0.5, 0.6) is 0 Å². The van der Waals surface area contributed by atoms with Gasteiger partial charge in [-0.2, -0.15) is 5.10 Å². The number of rotatable bonds is 3. The third-order valence-corrected chi connectivity index (χ3v) is 3.64. The number of hydrogen-bond acceptors (Lipinski definition) is 4. The maximum Gasteiger partial charge on any atom is 0.217 e. The normalized spacial score (nSPS) is 17.1. The average molecular weight is 251 g/mol. The van der Waals surface area contributed by atoms with E-state index in [0.717, 1.165) is 43.1 Å². The van der Waals surface area contributed by atoms with Gasteiger partial charge in [-0.1, -0.05) is 0 Å². The van der Waals surface area contributed by atoms with E-state index in [0.29, 0.717) is 12.3 Å². The Morgan fingerprint density at radius 3 is 2.50 bits per heavy atom. The van der Waals surface area contributed by atoms with Crippen molar-refractivity contribution in [2.24, 2.45) is 18.7 Å². The van der Waals surface area contributed by atoms with Crippen molar-refractivity contribution in [2.75, 3.05) is 23.7 Å². The number of anilines is 2. The molecule has 1 aliphatic rings. The molecule has 1 amide bonds. The number of piperidine rings is 1. The Morgan fingerprint density at radius 1 is 1.44 bits per heavy atom. The minimum Gasteiger partial charge on any atom is -0.394 e. The Kier molecular flexibility index (Phi) is 3.45. The highest BCUT2D eigenvalue weighted by molar-refractivity contribution is 5.74. The van der Waals surface area contributed by atoms with Crippen molar-refractivity contribution in [1.29, 1.82) is 0 Å². The van der Waals surface area contributed by atoms with Crippen molar-refractivity contribution in [1.82, 2.24) is 9.78 Å². The van der Waals surface area contributed by atoms with Crippen LogP contribution in [0.15, 0.2) is 0 Å². The number of aryl methyl sites for hydroxylation is 2. The summed E-state index contributed by atoms with van der Waals surface area (Å²) in [5.74, 6) is 1.20. The molecule has 0 spiro atoms. The zero-order chi connectivity index (χ0) is 13.3. The van der Waals surface area contributed by atoms with Crippen LogP contribution in [0, 0.1) is 12.8 Å². The van der Waals surface area contributed by atoms with Crippen molar-refractivity contribution >= 4 is 17.4 Å². The summed E-state index contributed by atoms with van der Waals surface area (Å²) >= 11 is 0. The number of carbonyl (C=O) groups is 1. The molecule has 0 aliphatic carbocycles. The summed E-state index contributed by atoms with van der Waals surface area (Å²) in [6, 6.07) is 0. The average Bonchev–Trinajstić information content (AvgIpc) is 2.54. The quantitative estimate of drug-likeness (QED) is 0.813. The maximum absolute atomic E-state index is 10.9. The molecule has 2 heterocycles. The molecular weight excluding hydrogens is 230 g/mol. The zero-order valence-electron chi connectivity index (χ0n) is 11.0. The standard InChI is InChI=1S/C12H21N5O/c1-8-11(14)12(16(2)15-8)17-5-3-9(4-6-17)7-10(13)18/h9H,3-7,14H2,1-2H3,(H2,13,18). The second kappa shape index (κ2) is 4.88. The van der Waals surface area contributed by atoms with E-state index in [1.165, 1.54) is 0 Å². The number of carbonyl (C=O) groups excluding carboxylic acids is 1. The fourth-order valence-corrected chi connectivity index (χ4v) is 2.67. The predicted molar refractivity (Wildman–Crippen MR) is 71.1 cm³/mol. The molecule has 4 N–H and O–H groups in total. The van der Waals surface area contributed by atoms with E-state index >= 15 is 0 Å². The largest absolute Gasteiger partial charge is 0.394 e.